The SMILES string of the molecule is [N-]=[NH+]c1cccc2c([NH+]=[N-])cccc12. The summed E-state index contributed by atoms with van der Waals surface area (Å²) in [4.78, 5) is 0. The van der Waals surface area contributed by atoms with E-state index in [0.717, 1.165) is 10.8 Å². The first-order valence-electron chi connectivity index (χ1n) is 4.19. The highest BCUT2D eigenvalue weighted by Gasteiger charge is 2.06. The largest absolute Gasteiger partial charge is 0.502 e. The van der Waals surface area contributed by atoms with Gasteiger partial charge in [0.15, 0.2) is 0 Å². The lowest BCUT2D eigenvalue weighted by Crippen LogP contribution is -2.55. The van der Waals surface area contributed by atoms with Crippen LogP contribution < -0.4 is 10.2 Å². The van der Waals surface area contributed by atoms with Gasteiger partial charge in [-0.25, -0.2) is 0 Å². The van der Waals surface area contributed by atoms with Gasteiger partial charge in [0.05, 0.1) is 10.8 Å². The van der Waals surface area contributed by atoms with Crippen molar-refractivity contribution in [2.45, 2.75) is 0 Å². The highest BCUT2D eigenvalue weighted by molar-refractivity contribution is 5.96. The van der Waals surface area contributed by atoms with Crippen LogP contribution in [0, 0.1) is 0 Å². The zero-order chi connectivity index (χ0) is 9.97. The molecule has 2 aromatic carbocycles. The third-order valence-electron chi connectivity index (χ3n) is 2.16. The Balaban J connectivity index is 2.90. The Morgan fingerprint density at radius 1 is 0.714 bits per heavy atom. The molecule has 0 saturated heterocycles. The Labute approximate surface area is 80.6 Å². The van der Waals surface area contributed by atoms with Crippen molar-refractivity contribution in [1.29, 1.82) is 0 Å². The minimum absolute atomic E-state index is 0.611. The van der Waals surface area contributed by atoms with Gasteiger partial charge in [-0.1, -0.05) is 12.1 Å². The fourth-order valence-electron chi connectivity index (χ4n) is 1.50. The summed E-state index contributed by atoms with van der Waals surface area (Å²) in [6.07, 6.45) is 0. The van der Waals surface area contributed by atoms with Crippen molar-refractivity contribution in [1.82, 2.24) is 0 Å². The van der Waals surface area contributed by atoms with Gasteiger partial charge in [0.1, 0.15) is 0 Å². The normalized spacial score (nSPS) is 10.0. The van der Waals surface area contributed by atoms with Crippen LogP contribution in [0.25, 0.3) is 21.8 Å². The maximum Gasteiger partial charge on any atom is 0.200 e. The molecule has 0 fully saturated rings. The minimum atomic E-state index is 0.611. The molecule has 4 heteroatoms. The second-order valence-electron chi connectivity index (χ2n) is 2.93. The number of nitrogens with one attached hydrogen (secondary N) is 2. The fraction of sp³-hybridized carbons (Fsp3) is 0. The van der Waals surface area contributed by atoms with Crippen molar-refractivity contribution in [2.75, 3.05) is 0 Å². The first-order chi connectivity index (χ1) is 6.86. The van der Waals surface area contributed by atoms with Gasteiger partial charge < -0.3 is 11.1 Å². The molecule has 0 atom stereocenters. The standard InChI is InChI=1S/C10H8N4/c11-13-9-5-1-3-7-8(9)4-2-6-10(7)14-12/h1-6,13-14H. The van der Waals surface area contributed by atoms with Crippen molar-refractivity contribution in [3.05, 3.63) is 47.5 Å². The van der Waals surface area contributed by atoms with Gasteiger partial charge in [-0.3, -0.25) is 10.2 Å². The lowest BCUT2D eigenvalue weighted by molar-refractivity contribution is -0.379. The third kappa shape index (κ3) is 1.17. The molecule has 0 bridgehead atoms. The molecule has 0 aliphatic carbocycles. The Hall–Kier alpha value is -2.10. The van der Waals surface area contributed by atoms with E-state index in [2.05, 4.69) is 10.2 Å². The molecule has 0 saturated carbocycles. The van der Waals surface area contributed by atoms with E-state index in [1.165, 1.54) is 0 Å². The predicted octanol–water partition coefficient (Wildman–Crippen LogP) is 0.307. The van der Waals surface area contributed by atoms with E-state index in [4.69, 9.17) is 11.1 Å². The summed E-state index contributed by atoms with van der Waals surface area (Å²) < 4.78 is 0. The van der Waals surface area contributed by atoms with Gasteiger partial charge in [0.25, 0.3) is 0 Å². The molecule has 0 heterocycles. The van der Waals surface area contributed by atoms with E-state index in [9.17, 15) is 0 Å². The van der Waals surface area contributed by atoms with E-state index in [0.29, 0.717) is 11.4 Å². The smallest absolute Gasteiger partial charge is 0.200 e. The van der Waals surface area contributed by atoms with Crippen LogP contribution in [-0.2, 0) is 0 Å². The maximum atomic E-state index is 8.87. The number of benzene rings is 2. The van der Waals surface area contributed by atoms with E-state index >= 15 is 0 Å². The molecular formula is C10H8N4. The Morgan fingerprint density at radius 3 is 1.50 bits per heavy atom. The van der Waals surface area contributed by atoms with Crippen LogP contribution in [-0.4, -0.2) is 0 Å². The molecule has 14 heavy (non-hydrogen) atoms. The van der Waals surface area contributed by atoms with Gasteiger partial charge in [-0.05, 0) is 12.1 Å². The molecule has 4 nitrogen and oxygen atoms in total. The second kappa shape index (κ2) is 3.33. The first-order valence-corrected chi connectivity index (χ1v) is 4.19. The molecule has 2 N–H and O–H groups in total. The van der Waals surface area contributed by atoms with E-state index in [1.807, 2.05) is 12.1 Å². The first kappa shape index (κ1) is 8.50. The quantitative estimate of drug-likeness (QED) is 0.630. The Kier molecular flexibility index (Phi) is 2.02. The topological polar surface area (TPSA) is 72.5 Å². The second-order valence-corrected chi connectivity index (χ2v) is 2.93. The summed E-state index contributed by atoms with van der Waals surface area (Å²) in [6.45, 7) is 0. The van der Waals surface area contributed by atoms with Gasteiger partial charge in [-0.15, -0.1) is 0 Å². The molecule has 0 unspecified atom stereocenters. The van der Waals surface area contributed by atoms with Crippen molar-refractivity contribution in [2.24, 2.45) is 0 Å². The molecule has 2 rings (SSSR count). The molecule has 0 amide bonds. The number of hydrogen-bond donors (Lipinski definition) is 2. The van der Waals surface area contributed by atoms with Crippen molar-refractivity contribution in [3.63, 3.8) is 0 Å². The fourth-order valence-corrected chi connectivity index (χ4v) is 1.50. The van der Waals surface area contributed by atoms with Gasteiger partial charge >= 0.3 is 0 Å². The summed E-state index contributed by atoms with van der Waals surface area (Å²) in [7, 11) is 0. The highest BCUT2D eigenvalue weighted by Crippen LogP contribution is 2.23. The molecule has 2 aromatic rings. The molecule has 0 spiro atoms. The maximum absolute atomic E-state index is 8.87. The summed E-state index contributed by atoms with van der Waals surface area (Å²) in [5.41, 5.74) is 19.0. The zero-order valence-corrected chi connectivity index (χ0v) is 7.36. The summed E-state index contributed by atoms with van der Waals surface area (Å²) in [6, 6.07) is 10.8. The minimum Gasteiger partial charge on any atom is -0.502 e. The number of rotatable bonds is 2. The van der Waals surface area contributed by atoms with Crippen molar-refractivity contribution < 1.29 is 10.2 Å². The summed E-state index contributed by atoms with van der Waals surface area (Å²) in [5, 5.41) is 5.91. The average molecular weight is 184 g/mol. The van der Waals surface area contributed by atoms with Crippen LogP contribution >= 0.6 is 0 Å². The summed E-state index contributed by atoms with van der Waals surface area (Å²) in [5.74, 6) is 0. The van der Waals surface area contributed by atoms with Crippen LogP contribution in [0.5, 0.6) is 0 Å². The Bertz CT molecular complexity index is 457. The van der Waals surface area contributed by atoms with Crippen LogP contribution in [0.2, 0.25) is 0 Å². The number of fused-ring (bicyclic) bond motifs is 1. The van der Waals surface area contributed by atoms with Gasteiger partial charge in [0, 0.05) is 12.1 Å². The lowest BCUT2D eigenvalue weighted by atomic mass is 10.1. The van der Waals surface area contributed by atoms with Crippen LogP contribution in [0.1, 0.15) is 0 Å². The molecular weight excluding hydrogens is 176 g/mol. The van der Waals surface area contributed by atoms with Crippen LogP contribution in [0.4, 0.5) is 11.4 Å². The Morgan fingerprint density at radius 2 is 1.14 bits per heavy atom. The predicted molar refractivity (Wildman–Crippen MR) is 51.9 cm³/mol. The van der Waals surface area contributed by atoms with Crippen LogP contribution in [0.3, 0.4) is 0 Å². The highest BCUT2D eigenvalue weighted by atomic mass is 15.0. The van der Waals surface area contributed by atoms with Crippen LogP contribution in [0.15, 0.2) is 36.4 Å². The number of hydrogen-bond acceptors (Lipinski definition) is 0. The van der Waals surface area contributed by atoms with Crippen molar-refractivity contribution in [3.8, 4) is 0 Å². The molecule has 0 aromatic heterocycles. The van der Waals surface area contributed by atoms with E-state index in [1.54, 1.807) is 24.3 Å². The van der Waals surface area contributed by atoms with Crippen molar-refractivity contribution >= 4 is 22.1 Å². The zero-order valence-electron chi connectivity index (χ0n) is 7.36. The lowest BCUT2D eigenvalue weighted by Gasteiger charge is -1.99. The monoisotopic (exact) mass is 184 g/mol. The van der Waals surface area contributed by atoms with Gasteiger partial charge in [0.2, 0.25) is 11.4 Å². The molecule has 68 valence electrons. The molecule has 0 aliphatic rings. The number of nitrogens with zero attached hydrogens (tertiary/aromatic N) is 2. The van der Waals surface area contributed by atoms with E-state index < -0.39 is 0 Å². The van der Waals surface area contributed by atoms with Gasteiger partial charge in [-0.2, -0.15) is 0 Å². The molecule has 0 aliphatic heterocycles. The third-order valence-corrected chi connectivity index (χ3v) is 2.16. The van der Waals surface area contributed by atoms with E-state index in [-0.39, 0.29) is 0 Å². The molecule has 0 radical (unpaired) electrons. The average Bonchev–Trinajstić information content (AvgIpc) is 2.27. The summed E-state index contributed by atoms with van der Waals surface area (Å²) >= 11 is 0.